The van der Waals surface area contributed by atoms with E-state index in [0.717, 1.165) is 25.0 Å². The van der Waals surface area contributed by atoms with Gasteiger partial charge in [-0.05, 0) is 43.4 Å². The number of benzene rings is 1. The number of halogens is 2. The molecule has 25 heavy (non-hydrogen) atoms. The Morgan fingerprint density at radius 2 is 1.80 bits per heavy atom. The van der Waals surface area contributed by atoms with E-state index in [9.17, 15) is 18.4 Å². The zero-order chi connectivity index (χ0) is 18.6. The van der Waals surface area contributed by atoms with Crippen molar-refractivity contribution in [2.24, 2.45) is 17.6 Å². The van der Waals surface area contributed by atoms with Gasteiger partial charge in [0.1, 0.15) is 23.2 Å². The van der Waals surface area contributed by atoms with Crippen LogP contribution in [0, 0.1) is 23.5 Å². The number of piperidine rings is 1. The number of nitrogens with zero attached hydrogens (tertiary/aromatic N) is 1. The van der Waals surface area contributed by atoms with E-state index in [1.807, 2.05) is 0 Å². The monoisotopic (exact) mass is 353 g/mol. The topological polar surface area (TPSA) is 75.4 Å². The van der Waals surface area contributed by atoms with E-state index in [4.69, 9.17) is 5.73 Å². The second-order valence-electron chi connectivity index (χ2n) is 6.80. The molecular formula is C18H25F2N3O2. The molecule has 1 unspecified atom stereocenters. The molecule has 0 aromatic heterocycles. The normalized spacial score (nSPS) is 16.8. The maximum atomic E-state index is 13.8. The molecular weight excluding hydrogens is 328 g/mol. The molecule has 7 heteroatoms. The Kier molecular flexibility index (Phi) is 6.47. The van der Waals surface area contributed by atoms with Crippen molar-refractivity contribution in [3.8, 4) is 0 Å². The van der Waals surface area contributed by atoms with Crippen LogP contribution in [0.5, 0.6) is 0 Å². The summed E-state index contributed by atoms with van der Waals surface area (Å²) in [4.78, 5) is 26.8. The molecule has 1 fully saturated rings. The van der Waals surface area contributed by atoms with Crippen LogP contribution in [-0.2, 0) is 4.79 Å². The van der Waals surface area contributed by atoms with Crippen molar-refractivity contribution >= 4 is 11.8 Å². The lowest BCUT2D eigenvalue weighted by atomic mass is 9.95. The van der Waals surface area contributed by atoms with Crippen LogP contribution in [0.4, 0.5) is 8.78 Å². The van der Waals surface area contributed by atoms with E-state index < -0.39 is 29.1 Å². The lowest BCUT2D eigenvalue weighted by molar-refractivity contribution is -0.135. The predicted octanol–water partition coefficient (Wildman–Crippen LogP) is 1.92. The third-order valence-electron chi connectivity index (χ3n) is 4.67. The van der Waals surface area contributed by atoms with Crippen molar-refractivity contribution in [3.05, 3.63) is 35.4 Å². The van der Waals surface area contributed by atoms with Crippen molar-refractivity contribution in [1.82, 2.24) is 10.2 Å². The molecule has 1 aromatic carbocycles. The second-order valence-corrected chi connectivity index (χ2v) is 6.80. The standard InChI is InChI=1S/C18H25F2N3O2/c1-11(2)16(18(25)23-8-6-12(10-21)7-9-23)22-17(24)15-13(19)4-3-5-14(15)20/h3-5,11-12,16H,6-10,21H2,1-2H3,(H,22,24). The van der Waals surface area contributed by atoms with Gasteiger partial charge in [-0.25, -0.2) is 8.78 Å². The Bertz CT molecular complexity index is 608. The van der Waals surface area contributed by atoms with Crippen LogP contribution in [0.2, 0.25) is 0 Å². The maximum Gasteiger partial charge on any atom is 0.257 e. The van der Waals surface area contributed by atoms with E-state index in [1.165, 1.54) is 6.07 Å². The summed E-state index contributed by atoms with van der Waals surface area (Å²) >= 11 is 0. The Balaban J connectivity index is 2.10. The highest BCUT2D eigenvalue weighted by Crippen LogP contribution is 2.19. The lowest BCUT2D eigenvalue weighted by Crippen LogP contribution is -2.53. The zero-order valence-corrected chi connectivity index (χ0v) is 14.6. The molecule has 0 bridgehead atoms. The number of carbonyl (C=O) groups excluding carboxylic acids is 2. The molecule has 0 spiro atoms. The summed E-state index contributed by atoms with van der Waals surface area (Å²) in [7, 11) is 0. The number of hydrogen-bond donors (Lipinski definition) is 2. The predicted molar refractivity (Wildman–Crippen MR) is 90.8 cm³/mol. The molecule has 2 amide bonds. The van der Waals surface area contributed by atoms with Crippen LogP contribution in [0.1, 0.15) is 37.0 Å². The summed E-state index contributed by atoms with van der Waals surface area (Å²) in [6.07, 6.45) is 1.64. The molecule has 138 valence electrons. The number of likely N-dealkylation sites (tertiary alicyclic amines) is 1. The third-order valence-corrected chi connectivity index (χ3v) is 4.67. The largest absolute Gasteiger partial charge is 0.341 e. The van der Waals surface area contributed by atoms with Gasteiger partial charge in [0.05, 0.1) is 0 Å². The minimum absolute atomic E-state index is 0.210. The maximum absolute atomic E-state index is 13.8. The molecule has 2 rings (SSSR count). The van der Waals surface area contributed by atoms with Crippen molar-refractivity contribution < 1.29 is 18.4 Å². The Morgan fingerprint density at radius 3 is 2.28 bits per heavy atom. The van der Waals surface area contributed by atoms with Crippen LogP contribution in [-0.4, -0.2) is 42.4 Å². The van der Waals surface area contributed by atoms with Crippen molar-refractivity contribution in [2.75, 3.05) is 19.6 Å². The van der Waals surface area contributed by atoms with Gasteiger partial charge < -0.3 is 16.0 Å². The summed E-state index contributed by atoms with van der Waals surface area (Å²) in [6.45, 7) is 5.32. The Hall–Kier alpha value is -2.02. The van der Waals surface area contributed by atoms with Gasteiger partial charge in [-0.15, -0.1) is 0 Å². The minimum atomic E-state index is -0.948. The van der Waals surface area contributed by atoms with Gasteiger partial charge in [0.15, 0.2) is 0 Å². The first-order valence-corrected chi connectivity index (χ1v) is 8.58. The minimum Gasteiger partial charge on any atom is -0.341 e. The number of rotatable bonds is 5. The fourth-order valence-electron chi connectivity index (χ4n) is 3.03. The molecule has 1 aliphatic rings. The van der Waals surface area contributed by atoms with Crippen LogP contribution in [0.3, 0.4) is 0 Å². The average Bonchev–Trinajstić information content (AvgIpc) is 2.58. The van der Waals surface area contributed by atoms with Crippen LogP contribution in [0.15, 0.2) is 18.2 Å². The fourth-order valence-corrected chi connectivity index (χ4v) is 3.03. The summed E-state index contributed by atoms with van der Waals surface area (Å²) in [5.74, 6) is -2.84. The third kappa shape index (κ3) is 4.54. The van der Waals surface area contributed by atoms with Crippen LogP contribution in [0.25, 0.3) is 0 Å². The Morgan fingerprint density at radius 1 is 1.24 bits per heavy atom. The molecule has 1 aromatic rings. The molecule has 1 saturated heterocycles. The molecule has 0 radical (unpaired) electrons. The highest BCUT2D eigenvalue weighted by Gasteiger charge is 2.32. The van der Waals surface area contributed by atoms with Gasteiger partial charge in [-0.2, -0.15) is 0 Å². The molecule has 1 aliphatic heterocycles. The highest BCUT2D eigenvalue weighted by atomic mass is 19.1. The highest BCUT2D eigenvalue weighted by molar-refractivity contribution is 5.98. The second kappa shape index (κ2) is 8.38. The van der Waals surface area contributed by atoms with Gasteiger partial charge in [0.25, 0.3) is 5.91 Å². The van der Waals surface area contributed by atoms with Gasteiger partial charge >= 0.3 is 0 Å². The van der Waals surface area contributed by atoms with Gasteiger partial charge in [-0.1, -0.05) is 19.9 Å². The summed E-state index contributed by atoms with van der Waals surface area (Å²) in [5, 5.41) is 2.50. The molecule has 3 N–H and O–H groups in total. The van der Waals surface area contributed by atoms with Crippen LogP contribution < -0.4 is 11.1 Å². The van der Waals surface area contributed by atoms with Crippen molar-refractivity contribution in [1.29, 1.82) is 0 Å². The van der Waals surface area contributed by atoms with Crippen LogP contribution >= 0.6 is 0 Å². The van der Waals surface area contributed by atoms with E-state index >= 15 is 0 Å². The van der Waals surface area contributed by atoms with E-state index in [0.29, 0.717) is 25.6 Å². The molecule has 1 atom stereocenters. The number of hydrogen-bond acceptors (Lipinski definition) is 3. The van der Waals surface area contributed by atoms with E-state index in [-0.39, 0.29) is 11.8 Å². The Labute approximate surface area is 146 Å². The quantitative estimate of drug-likeness (QED) is 0.849. The molecule has 0 saturated carbocycles. The lowest BCUT2D eigenvalue weighted by Gasteiger charge is -2.35. The van der Waals surface area contributed by atoms with E-state index in [2.05, 4.69) is 5.32 Å². The first kappa shape index (κ1) is 19.3. The van der Waals surface area contributed by atoms with Crippen molar-refractivity contribution in [2.45, 2.75) is 32.7 Å². The van der Waals surface area contributed by atoms with E-state index in [1.54, 1.807) is 18.7 Å². The smallest absolute Gasteiger partial charge is 0.257 e. The molecule has 0 aliphatic carbocycles. The molecule has 1 heterocycles. The SMILES string of the molecule is CC(C)C(NC(=O)c1c(F)cccc1F)C(=O)N1CCC(CN)CC1. The van der Waals surface area contributed by atoms with Gasteiger partial charge in [-0.3, -0.25) is 9.59 Å². The fraction of sp³-hybridized carbons (Fsp3) is 0.556. The van der Waals surface area contributed by atoms with Gasteiger partial charge in [0.2, 0.25) is 5.91 Å². The zero-order valence-electron chi connectivity index (χ0n) is 14.6. The summed E-state index contributed by atoms with van der Waals surface area (Å²) in [6, 6.07) is 2.39. The first-order valence-electron chi connectivity index (χ1n) is 8.58. The van der Waals surface area contributed by atoms with Crippen molar-refractivity contribution in [3.63, 3.8) is 0 Å². The number of carbonyl (C=O) groups is 2. The van der Waals surface area contributed by atoms with Gasteiger partial charge in [0, 0.05) is 13.1 Å². The number of amides is 2. The summed E-state index contributed by atoms with van der Waals surface area (Å²) < 4.78 is 27.6. The summed E-state index contributed by atoms with van der Waals surface area (Å²) in [5.41, 5.74) is 5.00. The average molecular weight is 353 g/mol. The first-order chi connectivity index (χ1) is 11.8. The number of nitrogens with one attached hydrogen (secondary N) is 1. The number of nitrogens with two attached hydrogens (primary N) is 1. The molecule has 5 nitrogen and oxygen atoms in total.